The molecule has 2 aromatic carbocycles. The number of amides is 1. The lowest BCUT2D eigenvalue weighted by atomic mass is 10.2. The number of carbonyl (C=O) groups excluding carboxylic acids is 1. The summed E-state index contributed by atoms with van der Waals surface area (Å²) in [6.07, 6.45) is 0. The molecule has 0 aliphatic rings. The zero-order valence-electron chi connectivity index (χ0n) is 14.5. The molecule has 0 unspecified atom stereocenters. The number of rotatable bonds is 7. The van der Waals surface area contributed by atoms with E-state index in [1.54, 1.807) is 13.2 Å². The van der Waals surface area contributed by atoms with Gasteiger partial charge in [-0.05, 0) is 42.0 Å². The second-order valence-electron chi connectivity index (χ2n) is 5.59. The second kappa shape index (κ2) is 8.11. The van der Waals surface area contributed by atoms with E-state index >= 15 is 0 Å². The Balaban J connectivity index is 1.57. The van der Waals surface area contributed by atoms with Gasteiger partial charge in [0, 0.05) is 0 Å². The lowest BCUT2D eigenvalue weighted by Crippen LogP contribution is -2.21. The third-order valence-corrected chi connectivity index (χ3v) is 3.52. The van der Waals surface area contributed by atoms with Gasteiger partial charge < -0.3 is 14.8 Å². The maximum absolute atomic E-state index is 12.2. The van der Waals surface area contributed by atoms with Crippen molar-refractivity contribution >= 4 is 11.6 Å². The number of methoxy groups -OCH3 is 1. The molecular weight excluding hydrogens is 334 g/mol. The van der Waals surface area contributed by atoms with Crippen LogP contribution in [0.25, 0.3) is 0 Å². The summed E-state index contributed by atoms with van der Waals surface area (Å²) in [5, 5.41) is 14.7. The summed E-state index contributed by atoms with van der Waals surface area (Å²) in [6.45, 7) is 2.06. The van der Waals surface area contributed by atoms with Crippen LogP contribution < -0.4 is 14.8 Å². The number of carbonyl (C=O) groups is 1. The van der Waals surface area contributed by atoms with Gasteiger partial charge in [0.1, 0.15) is 18.0 Å². The molecule has 0 radical (unpaired) electrons. The van der Waals surface area contributed by atoms with Crippen LogP contribution in [0.1, 0.15) is 11.4 Å². The molecule has 1 amide bonds. The van der Waals surface area contributed by atoms with E-state index in [2.05, 4.69) is 20.7 Å². The van der Waals surface area contributed by atoms with Crippen LogP contribution in [0.3, 0.4) is 0 Å². The molecule has 1 N–H and O–H groups in total. The lowest BCUT2D eigenvalue weighted by molar-refractivity contribution is -0.117. The predicted molar refractivity (Wildman–Crippen MR) is 95.0 cm³/mol. The quantitative estimate of drug-likeness (QED) is 0.700. The van der Waals surface area contributed by atoms with Crippen molar-refractivity contribution in [3.05, 3.63) is 59.9 Å². The van der Waals surface area contributed by atoms with Crippen molar-refractivity contribution in [3.63, 3.8) is 0 Å². The number of tetrazole rings is 1. The molecule has 0 bridgehead atoms. The molecule has 0 fully saturated rings. The van der Waals surface area contributed by atoms with Crippen molar-refractivity contribution < 1.29 is 14.3 Å². The van der Waals surface area contributed by atoms with Crippen LogP contribution >= 0.6 is 0 Å². The minimum Gasteiger partial charge on any atom is -0.495 e. The van der Waals surface area contributed by atoms with Crippen LogP contribution in [0.2, 0.25) is 0 Å². The molecule has 0 aliphatic heterocycles. The minimum absolute atomic E-state index is 0.0601. The summed E-state index contributed by atoms with van der Waals surface area (Å²) in [6, 6.07) is 14.9. The number of hydrogen-bond donors (Lipinski definition) is 1. The van der Waals surface area contributed by atoms with Gasteiger partial charge >= 0.3 is 0 Å². The Morgan fingerprint density at radius 2 is 2.00 bits per heavy atom. The number of nitrogens with one attached hydrogen (secondary N) is 1. The highest BCUT2D eigenvalue weighted by atomic mass is 16.5. The van der Waals surface area contributed by atoms with Crippen LogP contribution in [-0.2, 0) is 17.9 Å². The molecule has 134 valence electrons. The molecule has 0 spiro atoms. The number of nitrogens with zero attached hydrogens (tertiary/aromatic N) is 4. The molecule has 8 nitrogen and oxygen atoms in total. The standard InChI is InChI=1S/C18H19N5O3/c1-13-8-9-16(25-2)15(10-13)19-18(24)11-23-21-17(20-22-23)12-26-14-6-4-3-5-7-14/h3-10H,11-12H2,1-2H3,(H,19,24). The fraction of sp³-hybridized carbons (Fsp3) is 0.222. The molecule has 8 heteroatoms. The van der Waals surface area contributed by atoms with Crippen molar-refractivity contribution in [2.45, 2.75) is 20.1 Å². The zero-order valence-corrected chi connectivity index (χ0v) is 14.5. The molecule has 3 rings (SSSR count). The Labute approximate surface area is 150 Å². The molecule has 1 heterocycles. The van der Waals surface area contributed by atoms with E-state index in [0.29, 0.717) is 23.0 Å². The summed E-state index contributed by atoms with van der Waals surface area (Å²) < 4.78 is 10.8. The summed E-state index contributed by atoms with van der Waals surface area (Å²) in [7, 11) is 1.55. The third-order valence-electron chi connectivity index (χ3n) is 3.52. The van der Waals surface area contributed by atoms with Gasteiger partial charge in [-0.2, -0.15) is 4.80 Å². The maximum atomic E-state index is 12.2. The van der Waals surface area contributed by atoms with E-state index in [4.69, 9.17) is 9.47 Å². The number of hydrogen-bond acceptors (Lipinski definition) is 6. The highest BCUT2D eigenvalue weighted by Crippen LogP contribution is 2.25. The Kier molecular flexibility index (Phi) is 5.43. The van der Waals surface area contributed by atoms with Crippen molar-refractivity contribution in [2.24, 2.45) is 0 Å². The lowest BCUT2D eigenvalue weighted by Gasteiger charge is -2.10. The highest BCUT2D eigenvalue weighted by molar-refractivity contribution is 5.92. The average molecular weight is 353 g/mol. The van der Waals surface area contributed by atoms with Crippen LogP contribution in [0, 0.1) is 6.92 Å². The smallest absolute Gasteiger partial charge is 0.248 e. The van der Waals surface area contributed by atoms with E-state index in [9.17, 15) is 4.79 Å². The van der Waals surface area contributed by atoms with Gasteiger partial charge in [-0.25, -0.2) is 0 Å². The molecule has 0 aliphatic carbocycles. The first kappa shape index (κ1) is 17.4. The van der Waals surface area contributed by atoms with E-state index in [0.717, 1.165) is 5.56 Å². The molecule has 1 aromatic heterocycles. The largest absolute Gasteiger partial charge is 0.495 e. The van der Waals surface area contributed by atoms with Crippen LogP contribution in [0.15, 0.2) is 48.5 Å². The fourth-order valence-electron chi connectivity index (χ4n) is 2.30. The van der Waals surface area contributed by atoms with Gasteiger partial charge in [0.2, 0.25) is 11.7 Å². The number of anilines is 1. The molecule has 0 saturated heterocycles. The number of aromatic nitrogens is 4. The molecule has 0 saturated carbocycles. The summed E-state index contributed by atoms with van der Waals surface area (Å²) in [5.41, 5.74) is 1.62. The van der Waals surface area contributed by atoms with Gasteiger partial charge in [-0.1, -0.05) is 24.3 Å². The molecule has 0 atom stereocenters. The Morgan fingerprint density at radius 1 is 1.19 bits per heavy atom. The van der Waals surface area contributed by atoms with E-state index in [-0.39, 0.29) is 19.1 Å². The van der Waals surface area contributed by atoms with Gasteiger partial charge in [0.15, 0.2) is 6.61 Å². The number of para-hydroxylation sites is 1. The molecule has 26 heavy (non-hydrogen) atoms. The minimum atomic E-state index is -0.276. The fourth-order valence-corrected chi connectivity index (χ4v) is 2.30. The van der Waals surface area contributed by atoms with Gasteiger partial charge in [0.05, 0.1) is 12.8 Å². The predicted octanol–water partition coefficient (Wildman–Crippen LogP) is 2.21. The first-order chi connectivity index (χ1) is 12.6. The first-order valence-electron chi connectivity index (χ1n) is 8.03. The summed E-state index contributed by atoms with van der Waals surface area (Å²) in [4.78, 5) is 13.4. The van der Waals surface area contributed by atoms with Gasteiger partial charge in [-0.15, -0.1) is 10.2 Å². The average Bonchev–Trinajstić information content (AvgIpc) is 3.08. The van der Waals surface area contributed by atoms with Crippen LogP contribution in [0.4, 0.5) is 5.69 Å². The summed E-state index contributed by atoms with van der Waals surface area (Å²) >= 11 is 0. The topological polar surface area (TPSA) is 91.2 Å². The van der Waals surface area contributed by atoms with Crippen LogP contribution in [-0.4, -0.2) is 33.2 Å². The van der Waals surface area contributed by atoms with Gasteiger partial charge in [0.25, 0.3) is 0 Å². The SMILES string of the molecule is COc1ccc(C)cc1NC(=O)Cn1nnc(COc2ccccc2)n1. The Morgan fingerprint density at radius 3 is 2.77 bits per heavy atom. The first-order valence-corrected chi connectivity index (χ1v) is 8.03. The van der Waals surface area contributed by atoms with Crippen molar-refractivity contribution in [3.8, 4) is 11.5 Å². The Bertz CT molecular complexity index is 880. The van der Waals surface area contributed by atoms with Gasteiger partial charge in [-0.3, -0.25) is 4.79 Å². The molecular formula is C18H19N5O3. The van der Waals surface area contributed by atoms with Crippen molar-refractivity contribution in [1.29, 1.82) is 0 Å². The number of benzene rings is 2. The van der Waals surface area contributed by atoms with Crippen LogP contribution in [0.5, 0.6) is 11.5 Å². The number of aryl methyl sites for hydroxylation is 1. The second-order valence-corrected chi connectivity index (χ2v) is 5.59. The van der Waals surface area contributed by atoms with E-state index in [1.807, 2.05) is 49.4 Å². The monoisotopic (exact) mass is 353 g/mol. The highest BCUT2D eigenvalue weighted by Gasteiger charge is 2.11. The molecule has 3 aromatic rings. The zero-order chi connectivity index (χ0) is 18.4. The maximum Gasteiger partial charge on any atom is 0.248 e. The third kappa shape index (κ3) is 4.56. The Hall–Kier alpha value is -3.42. The van der Waals surface area contributed by atoms with E-state index in [1.165, 1.54) is 4.80 Å². The number of ether oxygens (including phenoxy) is 2. The van der Waals surface area contributed by atoms with Crippen molar-refractivity contribution in [1.82, 2.24) is 20.2 Å². The summed E-state index contributed by atoms with van der Waals surface area (Å²) in [5.74, 6) is 1.43. The van der Waals surface area contributed by atoms with Crippen molar-refractivity contribution in [2.75, 3.05) is 12.4 Å². The normalized spacial score (nSPS) is 10.4. The van der Waals surface area contributed by atoms with E-state index < -0.39 is 0 Å².